The van der Waals surface area contributed by atoms with E-state index in [1.807, 2.05) is 25.3 Å². The fourth-order valence-electron chi connectivity index (χ4n) is 4.62. The van der Waals surface area contributed by atoms with Gasteiger partial charge >= 0.3 is 0 Å². The Labute approximate surface area is 192 Å². The van der Waals surface area contributed by atoms with Crippen LogP contribution in [-0.2, 0) is 6.54 Å². The van der Waals surface area contributed by atoms with Crippen LogP contribution in [0.4, 0.5) is 0 Å². The van der Waals surface area contributed by atoms with E-state index in [0.29, 0.717) is 31.6 Å². The van der Waals surface area contributed by atoms with Crippen molar-refractivity contribution < 1.29 is 9.59 Å². The normalized spacial score (nSPS) is 18.4. The van der Waals surface area contributed by atoms with Crippen LogP contribution in [0.3, 0.4) is 0 Å². The van der Waals surface area contributed by atoms with Crippen LogP contribution in [-0.4, -0.2) is 63.9 Å². The lowest BCUT2D eigenvalue weighted by Gasteiger charge is -2.38. The lowest BCUT2D eigenvalue weighted by atomic mass is 10.1. The molecule has 2 heterocycles. The molecule has 0 aromatic carbocycles. The summed E-state index contributed by atoms with van der Waals surface area (Å²) in [7, 11) is 0. The van der Waals surface area contributed by atoms with E-state index in [2.05, 4.69) is 24.1 Å². The maximum atomic E-state index is 13.4. The number of nitrogens with one attached hydrogen (secondary N) is 1. The van der Waals surface area contributed by atoms with E-state index in [1.54, 1.807) is 17.3 Å². The molecule has 3 rings (SSSR count). The number of hydrogen-bond donors (Lipinski definition) is 1. The number of carbonyl (C=O) groups excluding carboxylic acids is 2. The number of piperazine rings is 1. The minimum absolute atomic E-state index is 0.0409. The number of aryl methyl sites for hydroxylation is 1. The van der Waals surface area contributed by atoms with Gasteiger partial charge in [-0.15, -0.1) is 0 Å². The van der Waals surface area contributed by atoms with E-state index in [-0.39, 0.29) is 17.0 Å². The molecule has 0 radical (unpaired) electrons. The SMILES string of the molecule is CC(C)CCn1cc(C(=O)NC(C)(C)C)c(=O)c(C(=O)N2CCN(C3CCCC3)CC2)c1. The van der Waals surface area contributed by atoms with Crippen LogP contribution in [0.25, 0.3) is 0 Å². The lowest BCUT2D eigenvalue weighted by Crippen LogP contribution is -2.52. The fraction of sp³-hybridized carbons (Fsp3) is 0.720. The van der Waals surface area contributed by atoms with Crippen LogP contribution in [0.5, 0.6) is 0 Å². The van der Waals surface area contributed by atoms with Gasteiger partial charge in [-0.2, -0.15) is 0 Å². The van der Waals surface area contributed by atoms with Gasteiger partial charge in [0, 0.05) is 56.7 Å². The first-order chi connectivity index (χ1) is 15.0. The van der Waals surface area contributed by atoms with Gasteiger partial charge in [0.15, 0.2) is 0 Å². The standard InChI is InChI=1S/C25H40N4O3/c1-18(2)10-11-27-16-20(23(31)26-25(3,4)5)22(30)21(17-27)24(32)29-14-12-28(13-15-29)19-8-6-7-9-19/h16-19H,6-15H2,1-5H3,(H,26,31). The summed E-state index contributed by atoms with van der Waals surface area (Å²) in [5.41, 5.74) is -0.803. The highest BCUT2D eigenvalue weighted by Gasteiger charge is 2.30. The smallest absolute Gasteiger partial charge is 0.259 e. The molecule has 178 valence electrons. The fourth-order valence-corrected chi connectivity index (χ4v) is 4.62. The highest BCUT2D eigenvalue weighted by molar-refractivity contribution is 5.99. The molecular weight excluding hydrogens is 404 g/mol. The second-order valence-electron chi connectivity index (χ2n) is 10.8. The highest BCUT2D eigenvalue weighted by Crippen LogP contribution is 2.24. The Balaban J connectivity index is 1.82. The lowest BCUT2D eigenvalue weighted by molar-refractivity contribution is 0.0571. The summed E-state index contributed by atoms with van der Waals surface area (Å²) < 4.78 is 1.83. The Morgan fingerprint density at radius 3 is 2.19 bits per heavy atom. The molecule has 7 heteroatoms. The summed E-state index contributed by atoms with van der Waals surface area (Å²) in [5, 5.41) is 2.87. The molecule has 1 aliphatic heterocycles. The molecule has 1 saturated heterocycles. The molecule has 2 fully saturated rings. The molecular formula is C25H40N4O3. The van der Waals surface area contributed by atoms with E-state index in [1.165, 1.54) is 25.7 Å². The zero-order chi connectivity index (χ0) is 23.5. The quantitative estimate of drug-likeness (QED) is 0.732. The van der Waals surface area contributed by atoms with Gasteiger partial charge in [0.2, 0.25) is 5.43 Å². The summed E-state index contributed by atoms with van der Waals surface area (Å²) in [6.45, 7) is 13.5. The van der Waals surface area contributed by atoms with Gasteiger partial charge in [-0.05, 0) is 46.0 Å². The summed E-state index contributed by atoms with van der Waals surface area (Å²) in [4.78, 5) is 43.7. The highest BCUT2D eigenvalue weighted by atomic mass is 16.2. The third-order valence-corrected chi connectivity index (χ3v) is 6.45. The summed E-state index contributed by atoms with van der Waals surface area (Å²) in [6.07, 6.45) is 9.23. The first-order valence-corrected chi connectivity index (χ1v) is 12.1. The zero-order valence-electron chi connectivity index (χ0n) is 20.4. The Morgan fingerprint density at radius 1 is 1.03 bits per heavy atom. The number of nitrogens with zero attached hydrogens (tertiary/aromatic N) is 3. The van der Waals surface area contributed by atoms with Gasteiger partial charge in [0.05, 0.1) is 0 Å². The Morgan fingerprint density at radius 2 is 1.62 bits per heavy atom. The number of amides is 2. The molecule has 1 N–H and O–H groups in total. The Hall–Kier alpha value is -2.15. The van der Waals surface area contributed by atoms with Crippen LogP contribution in [0.15, 0.2) is 17.2 Å². The second kappa shape index (κ2) is 10.2. The number of rotatable bonds is 6. The molecule has 2 aliphatic rings. The van der Waals surface area contributed by atoms with Crippen molar-refractivity contribution in [1.82, 2.24) is 19.7 Å². The average molecular weight is 445 g/mol. The number of pyridine rings is 1. The van der Waals surface area contributed by atoms with Crippen molar-refractivity contribution in [3.8, 4) is 0 Å². The van der Waals surface area contributed by atoms with Crippen LogP contribution in [0, 0.1) is 5.92 Å². The molecule has 0 bridgehead atoms. The maximum Gasteiger partial charge on any atom is 0.259 e. The zero-order valence-corrected chi connectivity index (χ0v) is 20.4. The number of carbonyl (C=O) groups is 2. The van der Waals surface area contributed by atoms with Gasteiger partial charge in [0.1, 0.15) is 11.1 Å². The molecule has 1 saturated carbocycles. The van der Waals surface area contributed by atoms with Crippen molar-refractivity contribution in [2.24, 2.45) is 5.92 Å². The Kier molecular flexibility index (Phi) is 7.80. The number of hydrogen-bond acceptors (Lipinski definition) is 4. The van der Waals surface area contributed by atoms with Gasteiger partial charge in [0.25, 0.3) is 11.8 Å². The molecule has 1 aromatic rings. The minimum atomic E-state index is -0.476. The van der Waals surface area contributed by atoms with Crippen LogP contribution >= 0.6 is 0 Å². The average Bonchev–Trinajstić information content (AvgIpc) is 3.26. The topological polar surface area (TPSA) is 74.6 Å². The largest absolute Gasteiger partial charge is 0.352 e. The number of aromatic nitrogens is 1. The third-order valence-electron chi connectivity index (χ3n) is 6.45. The monoisotopic (exact) mass is 444 g/mol. The second-order valence-corrected chi connectivity index (χ2v) is 10.8. The first-order valence-electron chi connectivity index (χ1n) is 12.1. The van der Waals surface area contributed by atoms with Gasteiger partial charge in [-0.25, -0.2) is 0 Å². The first kappa shape index (κ1) is 24.5. The van der Waals surface area contributed by atoms with E-state index in [4.69, 9.17) is 0 Å². The minimum Gasteiger partial charge on any atom is -0.352 e. The molecule has 0 unspecified atom stereocenters. The van der Waals surface area contributed by atoms with Crippen molar-refractivity contribution in [1.29, 1.82) is 0 Å². The van der Waals surface area contributed by atoms with E-state index < -0.39 is 16.9 Å². The van der Waals surface area contributed by atoms with Gasteiger partial charge in [-0.3, -0.25) is 19.3 Å². The van der Waals surface area contributed by atoms with E-state index >= 15 is 0 Å². The molecule has 32 heavy (non-hydrogen) atoms. The summed E-state index contributed by atoms with van der Waals surface area (Å²) >= 11 is 0. The maximum absolute atomic E-state index is 13.4. The predicted octanol–water partition coefficient (Wildman–Crippen LogP) is 3.12. The molecule has 0 atom stereocenters. The van der Waals surface area contributed by atoms with E-state index in [0.717, 1.165) is 19.5 Å². The molecule has 2 amide bonds. The van der Waals surface area contributed by atoms with Gasteiger partial charge < -0.3 is 14.8 Å². The molecule has 7 nitrogen and oxygen atoms in total. The summed E-state index contributed by atoms with van der Waals surface area (Å²) in [5.74, 6) is -0.213. The summed E-state index contributed by atoms with van der Waals surface area (Å²) in [6, 6.07) is 0.643. The van der Waals surface area contributed by atoms with Crippen molar-refractivity contribution in [2.75, 3.05) is 26.2 Å². The van der Waals surface area contributed by atoms with Crippen molar-refractivity contribution >= 4 is 11.8 Å². The third kappa shape index (κ3) is 6.21. The van der Waals surface area contributed by atoms with Crippen LogP contribution < -0.4 is 10.7 Å². The Bertz CT molecular complexity index is 870. The van der Waals surface area contributed by atoms with Crippen molar-refractivity contribution in [3.63, 3.8) is 0 Å². The van der Waals surface area contributed by atoms with Crippen LogP contribution in [0.1, 0.15) is 87.4 Å². The molecule has 1 aliphatic carbocycles. The van der Waals surface area contributed by atoms with Crippen molar-refractivity contribution in [3.05, 3.63) is 33.7 Å². The van der Waals surface area contributed by atoms with E-state index in [9.17, 15) is 14.4 Å². The molecule has 1 aromatic heterocycles. The van der Waals surface area contributed by atoms with Crippen molar-refractivity contribution in [2.45, 2.75) is 84.8 Å². The molecule has 0 spiro atoms. The predicted molar refractivity (Wildman–Crippen MR) is 127 cm³/mol. The van der Waals surface area contributed by atoms with Crippen LogP contribution in [0.2, 0.25) is 0 Å². The van der Waals surface area contributed by atoms with Gasteiger partial charge in [-0.1, -0.05) is 26.7 Å².